The van der Waals surface area contributed by atoms with Crippen molar-refractivity contribution in [1.29, 1.82) is 0 Å². The number of rotatable bonds is 10. The van der Waals surface area contributed by atoms with Crippen LogP contribution in [-0.2, 0) is 45.9 Å². The molecular weight excluding hydrogens is 692 g/mol. The second kappa shape index (κ2) is 21.3. The Morgan fingerprint density at radius 3 is 2.00 bits per heavy atom. The third-order valence-corrected chi connectivity index (χ3v) is 6.11. The van der Waals surface area contributed by atoms with E-state index in [4.69, 9.17) is 0 Å². The summed E-state index contributed by atoms with van der Waals surface area (Å²) in [5.74, 6) is -4.29. The SMILES string of the molecule is O=C([O-])c1cc(S(=O)(=O)[O-])cc(N=Nc2c([O-])c(SOO[O-])cc3cc(SOO[O-])ccc23)c1[O-].[Cu+2].[Na+].[Na+].[Na+].[Na+]. The van der Waals surface area contributed by atoms with Crippen molar-refractivity contribution in [1.82, 2.24) is 0 Å². The van der Waals surface area contributed by atoms with Gasteiger partial charge in [-0.3, -0.25) is 10.1 Å². The maximum absolute atomic E-state index is 12.8. The van der Waals surface area contributed by atoms with E-state index in [1.54, 1.807) is 0 Å². The zero-order valence-electron chi connectivity index (χ0n) is 20.7. The van der Waals surface area contributed by atoms with Crippen LogP contribution in [0.2, 0.25) is 0 Å². The van der Waals surface area contributed by atoms with Gasteiger partial charge in [0.1, 0.15) is 10.1 Å². The molecule has 0 N–H and O–H groups in total. The largest absolute Gasteiger partial charge is 2.00 e. The van der Waals surface area contributed by atoms with Gasteiger partial charge in [0.25, 0.3) is 0 Å². The topological polar surface area (TPSA) is 251 Å². The first-order chi connectivity index (χ1) is 16.6. The van der Waals surface area contributed by atoms with Crippen LogP contribution in [0.1, 0.15) is 10.4 Å². The Balaban J connectivity index is -0.00000274. The molecule has 0 amide bonds. The van der Waals surface area contributed by atoms with E-state index in [-0.39, 0.29) is 163 Å². The Bertz CT molecular complexity index is 1440. The summed E-state index contributed by atoms with van der Waals surface area (Å²) in [6.07, 6.45) is 0. The number of carboxylic acids is 1. The normalized spacial score (nSPS) is 10.5. The fraction of sp³-hybridized carbons (Fsp3) is 0. The molecule has 195 valence electrons. The summed E-state index contributed by atoms with van der Waals surface area (Å²) < 4.78 is 42.4. The van der Waals surface area contributed by atoms with E-state index in [9.17, 15) is 43.6 Å². The molecule has 0 atom stereocenters. The molecule has 0 fully saturated rings. The minimum Gasteiger partial charge on any atom is -0.871 e. The van der Waals surface area contributed by atoms with Crippen LogP contribution in [0.3, 0.4) is 0 Å². The monoisotopic (exact) mass is 697 g/mol. The summed E-state index contributed by atoms with van der Waals surface area (Å²) in [7, 11) is -5.21. The molecule has 0 aliphatic heterocycles. The van der Waals surface area contributed by atoms with Crippen LogP contribution in [0, 0.1) is 0 Å². The van der Waals surface area contributed by atoms with Crippen molar-refractivity contribution in [2.75, 3.05) is 0 Å². The first-order valence-electron chi connectivity index (χ1n) is 8.55. The Morgan fingerprint density at radius 1 is 0.850 bits per heavy atom. The van der Waals surface area contributed by atoms with E-state index in [0.717, 1.165) is 0 Å². The molecule has 0 spiro atoms. The van der Waals surface area contributed by atoms with Crippen molar-refractivity contribution in [3.63, 3.8) is 0 Å². The fourth-order valence-corrected chi connectivity index (χ4v) is 4.07. The summed E-state index contributed by atoms with van der Waals surface area (Å²) in [6, 6.07) is 6.17. The van der Waals surface area contributed by atoms with Gasteiger partial charge in [-0.25, -0.2) is 8.42 Å². The number of benzene rings is 3. The zero-order chi connectivity index (χ0) is 25.8. The molecule has 0 saturated carbocycles. The first-order valence-corrected chi connectivity index (χ1v) is 11.4. The van der Waals surface area contributed by atoms with E-state index >= 15 is 0 Å². The zero-order valence-corrected chi connectivity index (χ0v) is 32.1. The van der Waals surface area contributed by atoms with Crippen LogP contribution in [0.15, 0.2) is 61.3 Å². The smallest absolute Gasteiger partial charge is 0.871 e. The minimum absolute atomic E-state index is 0. The molecular formula is C17H6CuN2Na4O13S3. The van der Waals surface area contributed by atoms with Crippen molar-refractivity contribution < 1.29 is 198 Å². The standard InChI is InChI=1S/C17H12N2O13S3.Cu.4Na/c20-15-11(17(22)23)5-9(35(26,27)28)6-12(15)18-19-14-10-2-1-8(33-31-29-24)3-7(10)4-13(16(14)21)34-32-30-25;;;;;/h1-6,20-21,24-25H,(H,22,23)(H,26,27,28);;;;;/q;+2;4*+1/p-6. The van der Waals surface area contributed by atoms with Crippen LogP contribution in [-0.4, -0.2) is 18.9 Å². The Morgan fingerprint density at radius 2 is 1.45 bits per heavy atom. The van der Waals surface area contributed by atoms with Gasteiger partial charge in [-0.2, -0.15) is 18.9 Å². The molecule has 1 radical (unpaired) electrons. The number of azo groups is 1. The summed E-state index contributed by atoms with van der Waals surface area (Å²) in [5, 5.41) is 70.5. The summed E-state index contributed by atoms with van der Waals surface area (Å²) in [5.41, 5.74) is -2.52. The van der Waals surface area contributed by atoms with Crippen LogP contribution < -0.4 is 144 Å². The average Bonchev–Trinajstić information content (AvgIpc) is 2.80. The molecule has 0 heterocycles. The van der Waals surface area contributed by atoms with Gasteiger partial charge in [0.2, 0.25) is 0 Å². The van der Waals surface area contributed by atoms with Crippen LogP contribution in [0.4, 0.5) is 11.4 Å². The molecule has 23 heteroatoms. The number of hydrogen-bond acceptors (Lipinski definition) is 17. The van der Waals surface area contributed by atoms with Gasteiger partial charge in [0.15, 0.2) is 0 Å². The van der Waals surface area contributed by atoms with Crippen molar-refractivity contribution >= 4 is 62.3 Å². The van der Waals surface area contributed by atoms with Gasteiger partial charge < -0.3 is 35.2 Å². The molecule has 0 aliphatic rings. The number of nitrogens with zero attached hydrogens (tertiary/aromatic N) is 2. The van der Waals surface area contributed by atoms with Crippen molar-refractivity contribution in [3.8, 4) is 11.5 Å². The third-order valence-electron chi connectivity index (χ3n) is 4.12. The molecule has 0 aromatic heterocycles. The molecule has 0 bridgehead atoms. The maximum atomic E-state index is 12.8. The van der Waals surface area contributed by atoms with Crippen molar-refractivity contribution in [2.24, 2.45) is 10.2 Å². The van der Waals surface area contributed by atoms with E-state index < -0.39 is 49.4 Å². The molecule has 3 aromatic carbocycles. The number of hydrogen-bond donors (Lipinski definition) is 0. The molecule has 15 nitrogen and oxygen atoms in total. The fourth-order valence-electron chi connectivity index (χ4n) is 2.70. The maximum Gasteiger partial charge on any atom is 2.00 e. The second-order valence-electron chi connectivity index (χ2n) is 6.13. The van der Waals surface area contributed by atoms with Gasteiger partial charge in [-0.15, -0.1) is 0 Å². The second-order valence-corrected chi connectivity index (χ2v) is 9.03. The van der Waals surface area contributed by atoms with E-state index in [1.165, 1.54) is 24.3 Å². The van der Waals surface area contributed by atoms with Crippen molar-refractivity contribution in [2.45, 2.75) is 14.7 Å². The molecule has 3 rings (SSSR count). The van der Waals surface area contributed by atoms with Gasteiger partial charge in [-0.1, -0.05) is 17.6 Å². The van der Waals surface area contributed by atoms with Crippen LogP contribution in [0.5, 0.6) is 11.5 Å². The van der Waals surface area contributed by atoms with Gasteiger partial charge in [0, 0.05) is 15.2 Å². The molecule has 0 unspecified atom stereocenters. The predicted octanol–water partition coefficient (Wildman–Crippen LogP) is -12.9. The number of fused-ring (bicyclic) bond motifs is 1. The minimum atomic E-state index is -5.21. The third kappa shape index (κ3) is 12.1. The van der Waals surface area contributed by atoms with Crippen molar-refractivity contribution in [3.05, 3.63) is 42.0 Å². The number of aromatic carboxylic acids is 1. The number of carbonyl (C=O) groups is 1. The van der Waals surface area contributed by atoms with E-state index in [0.29, 0.717) is 29.1 Å². The van der Waals surface area contributed by atoms with E-state index in [2.05, 4.69) is 29.0 Å². The van der Waals surface area contributed by atoms with Gasteiger partial charge in [-0.05, 0) is 41.3 Å². The van der Waals surface area contributed by atoms with Gasteiger partial charge in [0.05, 0.1) is 46.3 Å². The Labute approximate surface area is 333 Å². The summed E-state index contributed by atoms with van der Waals surface area (Å²) >= 11 is 0.727. The first kappa shape index (κ1) is 45.9. The number of carbonyl (C=O) groups excluding carboxylic acids is 1. The Kier molecular flexibility index (Phi) is 24.4. The predicted molar refractivity (Wildman–Crippen MR) is 102 cm³/mol. The number of carboxylic acid groups (broad SMARTS) is 1. The molecule has 0 saturated heterocycles. The van der Waals surface area contributed by atoms with Crippen LogP contribution >= 0.6 is 24.1 Å². The molecule has 40 heavy (non-hydrogen) atoms. The van der Waals surface area contributed by atoms with E-state index in [1.807, 2.05) is 0 Å². The summed E-state index contributed by atoms with van der Waals surface area (Å²) in [4.78, 5) is 10.2. The molecule has 3 aromatic rings. The molecule has 0 aliphatic carbocycles. The van der Waals surface area contributed by atoms with Gasteiger partial charge >= 0.3 is 135 Å². The quantitative estimate of drug-likeness (QED) is 0.0476. The average molecular weight is 698 g/mol. The summed E-state index contributed by atoms with van der Waals surface area (Å²) in [6.45, 7) is 0. The van der Waals surface area contributed by atoms with Crippen LogP contribution in [0.25, 0.3) is 10.8 Å². The Hall–Kier alpha value is 1.48.